The van der Waals surface area contributed by atoms with Crippen molar-refractivity contribution in [2.24, 2.45) is 17.8 Å². The molecule has 0 aliphatic rings. The molecule has 0 radical (unpaired) electrons. The van der Waals surface area contributed by atoms with Gasteiger partial charge in [0.2, 0.25) is 0 Å². The van der Waals surface area contributed by atoms with Gasteiger partial charge in [-0.2, -0.15) is 11.6 Å². The monoisotopic (exact) mass is 290 g/mol. The Hall–Kier alpha value is 1.35. The van der Waals surface area contributed by atoms with E-state index in [0.717, 1.165) is 11.8 Å². The lowest BCUT2D eigenvalue weighted by Gasteiger charge is -2.17. The third-order valence-corrected chi connectivity index (χ3v) is 7.06. The number of alkyl halides is 1. The van der Waals surface area contributed by atoms with Crippen LogP contribution in [-0.4, -0.2) is 22.8 Å². The summed E-state index contributed by atoms with van der Waals surface area (Å²) in [6, 6.07) is 0. The molecular weight excluding hydrogens is 263 g/mol. The largest absolute Gasteiger partial charge is 0.521 e. The van der Waals surface area contributed by atoms with Crippen molar-refractivity contribution in [3.05, 3.63) is 0 Å². The van der Waals surface area contributed by atoms with Crippen molar-refractivity contribution in [3.8, 4) is 0 Å². The first kappa shape index (κ1) is 18.3. The molecule has 3 heteroatoms. The molecular formula is C14H28Cl2Mg. The van der Waals surface area contributed by atoms with Crippen molar-refractivity contribution < 1.29 is 0 Å². The summed E-state index contributed by atoms with van der Waals surface area (Å²) in [5, 5.41) is 0. The fourth-order valence-electron chi connectivity index (χ4n) is 2.14. The van der Waals surface area contributed by atoms with Gasteiger partial charge < -0.3 is 9.07 Å². The van der Waals surface area contributed by atoms with Crippen LogP contribution in [0.15, 0.2) is 0 Å². The normalized spacial score (nSPS) is 16.6. The number of rotatable bonds is 10. The summed E-state index contributed by atoms with van der Waals surface area (Å²) in [4.78, 5) is 0. The third kappa shape index (κ3) is 10.9. The molecule has 0 amide bonds. The van der Waals surface area contributed by atoms with Gasteiger partial charge in [0.25, 0.3) is 0 Å². The Labute approximate surface area is 127 Å². The van der Waals surface area contributed by atoms with Gasteiger partial charge in [0.05, 0.1) is 0 Å². The highest BCUT2D eigenvalue weighted by atomic mass is 35.5. The smallest absolute Gasteiger partial charge is 0.344 e. The van der Waals surface area contributed by atoms with E-state index in [2.05, 4.69) is 27.7 Å². The van der Waals surface area contributed by atoms with E-state index in [-0.39, 0.29) is 3.51 Å². The molecule has 0 aromatic rings. The zero-order chi connectivity index (χ0) is 13.3. The van der Waals surface area contributed by atoms with Crippen molar-refractivity contribution in [1.29, 1.82) is 0 Å². The summed E-state index contributed by atoms with van der Waals surface area (Å²) in [7, 11) is 5.89. The van der Waals surface area contributed by atoms with Crippen molar-refractivity contribution in [2.45, 2.75) is 69.7 Å². The Morgan fingerprint density at radius 3 is 1.88 bits per heavy atom. The van der Waals surface area contributed by atoms with E-state index in [9.17, 15) is 0 Å². The van der Waals surface area contributed by atoms with Gasteiger partial charge in [-0.25, -0.2) is 0 Å². The van der Waals surface area contributed by atoms with E-state index >= 15 is 0 Å². The topological polar surface area (TPSA) is 0 Å². The second-order valence-corrected chi connectivity index (χ2v) is 9.20. The summed E-state index contributed by atoms with van der Waals surface area (Å²) < 4.78 is 0.285. The minimum atomic E-state index is -0.541. The molecule has 3 unspecified atom stereocenters. The molecule has 0 aliphatic carbocycles. The summed E-state index contributed by atoms with van der Waals surface area (Å²) in [5.41, 5.74) is 0. The van der Waals surface area contributed by atoms with Crippen LogP contribution in [0.25, 0.3) is 0 Å². The molecule has 3 atom stereocenters. The summed E-state index contributed by atoms with van der Waals surface area (Å²) in [6.45, 7) is 9.25. The number of halogens is 2. The molecule has 0 rings (SSSR count). The first-order valence-corrected chi connectivity index (χ1v) is 10.6. The van der Waals surface area contributed by atoms with E-state index in [4.69, 9.17) is 20.7 Å². The fraction of sp³-hybridized carbons (Fsp3) is 1.00. The molecule has 0 saturated heterocycles. The second-order valence-electron chi connectivity index (χ2n) is 6.01. The predicted molar refractivity (Wildman–Crippen MR) is 82.1 cm³/mol. The average Bonchev–Trinajstić information content (AvgIpc) is 2.27. The minimum absolute atomic E-state index is 0.285. The van der Waals surface area contributed by atoms with Crippen LogP contribution in [0.2, 0.25) is 0 Å². The Bertz CT molecular complexity index is 174. The standard InChI is InChI=1S/C14H28Cl.ClH.Mg/c1-12(2)7-5-8-13(3)9-6-10-14(4)11-15;;/h11-14H,5-10H2,1-4H3;1H;/q;;+1/p-1. The van der Waals surface area contributed by atoms with Crippen LogP contribution < -0.4 is 0 Å². The lowest BCUT2D eigenvalue weighted by atomic mass is 9.94. The van der Waals surface area contributed by atoms with Gasteiger partial charge in [-0.1, -0.05) is 66.2 Å². The average molecular weight is 292 g/mol. The molecule has 0 spiro atoms. The summed E-state index contributed by atoms with van der Waals surface area (Å²) >= 11 is 5.64. The molecule has 0 nitrogen and oxygen atoms in total. The Morgan fingerprint density at radius 2 is 1.41 bits per heavy atom. The molecule has 0 heterocycles. The van der Waals surface area contributed by atoms with Gasteiger partial charge in [0.1, 0.15) is 0 Å². The van der Waals surface area contributed by atoms with Crippen LogP contribution in [0.3, 0.4) is 0 Å². The molecule has 0 saturated carbocycles. The van der Waals surface area contributed by atoms with E-state index in [1.807, 2.05) is 0 Å². The number of hydrogen-bond acceptors (Lipinski definition) is 0. The first-order chi connectivity index (χ1) is 7.97. The molecule has 0 fully saturated rings. The van der Waals surface area contributed by atoms with Crippen molar-refractivity contribution in [1.82, 2.24) is 0 Å². The fourth-order valence-corrected chi connectivity index (χ4v) is 3.72. The third-order valence-electron chi connectivity index (χ3n) is 3.60. The molecule has 0 aromatic carbocycles. The predicted octanol–water partition coefficient (Wildman–Crippen LogP) is 5.68. The van der Waals surface area contributed by atoms with Crippen LogP contribution >= 0.6 is 20.7 Å². The maximum absolute atomic E-state index is 6.18. The van der Waals surface area contributed by atoms with Gasteiger partial charge in [0.15, 0.2) is 0 Å². The van der Waals surface area contributed by atoms with Gasteiger partial charge in [0, 0.05) is 0 Å². The summed E-state index contributed by atoms with van der Waals surface area (Å²) in [6.07, 6.45) is 8.08. The highest BCUT2D eigenvalue weighted by molar-refractivity contribution is 6.97. The SMILES string of the molecule is CC(C)CCCC(C)CCCC(C)[CH](Cl)[Mg][Cl]. The summed E-state index contributed by atoms with van der Waals surface area (Å²) in [5.74, 6) is 2.35. The Morgan fingerprint density at radius 1 is 0.882 bits per heavy atom. The van der Waals surface area contributed by atoms with Crippen LogP contribution in [0.5, 0.6) is 0 Å². The second kappa shape index (κ2) is 11.2. The van der Waals surface area contributed by atoms with E-state index in [1.165, 1.54) is 38.5 Å². The molecule has 100 valence electrons. The van der Waals surface area contributed by atoms with Gasteiger partial charge in [-0.15, -0.1) is 0 Å². The molecule has 0 N–H and O–H groups in total. The van der Waals surface area contributed by atoms with Gasteiger partial charge in [-0.05, 0) is 21.3 Å². The van der Waals surface area contributed by atoms with Crippen molar-refractivity contribution >= 4 is 39.9 Å². The highest BCUT2D eigenvalue weighted by Crippen LogP contribution is 2.22. The lowest BCUT2D eigenvalue weighted by Crippen LogP contribution is -2.15. The quantitative estimate of drug-likeness (QED) is 0.359. The van der Waals surface area contributed by atoms with Crippen LogP contribution in [0.4, 0.5) is 0 Å². The van der Waals surface area contributed by atoms with Crippen molar-refractivity contribution in [2.75, 3.05) is 0 Å². The van der Waals surface area contributed by atoms with Gasteiger partial charge in [-0.3, -0.25) is 0 Å². The van der Waals surface area contributed by atoms with E-state index in [1.54, 1.807) is 0 Å². The highest BCUT2D eigenvalue weighted by Gasteiger charge is 2.16. The zero-order valence-corrected chi connectivity index (χ0v) is 14.9. The lowest BCUT2D eigenvalue weighted by molar-refractivity contribution is 0.405. The Balaban J connectivity index is 3.47. The maximum atomic E-state index is 6.18. The van der Waals surface area contributed by atoms with Gasteiger partial charge >= 0.3 is 19.3 Å². The molecule has 0 aromatic heterocycles. The van der Waals surface area contributed by atoms with E-state index in [0.29, 0.717) is 5.92 Å². The van der Waals surface area contributed by atoms with Crippen LogP contribution in [0.1, 0.15) is 66.2 Å². The van der Waals surface area contributed by atoms with Crippen molar-refractivity contribution in [3.63, 3.8) is 0 Å². The first-order valence-electron chi connectivity index (χ1n) is 7.17. The Kier molecular flexibility index (Phi) is 12.1. The zero-order valence-electron chi connectivity index (χ0n) is 12.0. The van der Waals surface area contributed by atoms with Crippen LogP contribution in [-0.2, 0) is 0 Å². The maximum Gasteiger partial charge on any atom is 0.521 e. The van der Waals surface area contributed by atoms with E-state index < -0.39 is 19.3 Å². The molecule has 0 aliphatic heterocycles. The molecule has 17 heavy (non-hydrogen) atoms. The minimum Gasteiger partial charge on any atom is -0.344 e. The number of hydrogen-bond donors (Lipinski definition) is 0. The van der Waals surface area contributed by atoms with Crippen LogP contribution in [0, 0.1) is 17.8 Å². The molecule has 0 bridgehead atoms.